The van der Waals surface area contributed by atoms with Crippen molar-refractivity contribution in [3.05, 3.63) is 35.4 Å². The number of benzene rings is 1. The lowest BCUT2D eigenvalue weighted by atomic mass is 9.97. The molecule has 1 aliphatic rings. The lowest BCUT2D eigenvalue weighted by Gasteiger charge is -2.28. The molecule has 0 radical (unpaired) electrons. The van der Waals surface area contributed by atoms with Gasteiger partial charge >= 0.3 is 0 Å². The highest BCUT2D eigenvalue weighted by molar-refractivity contribution is 5.82. The number of carbonyl (C=O) groups is 1. The van der Waals surface area contributed by atoms with Crippen LogP contribution in [0, 0.1) is 0 Å². The lowest BCUT2D eigenvalue weighted by molar-refractivity contribution is -0.144. The maximum absolute atomic E-state index is 12.1. The van der Waals surface area contributed by atoms with Gasteiger partial charge in [-0.25, -0.2) is 0 Å². The van der Waals surface area contributed by atoms with Gasteiger partial charge in [0, 0.05) is 13.6 Å². The van der Waals surface area contributed by atoms with Crippen molar-refractivity contribution in [1.82, 2.24) is 4.90 Å². The summed E-state index contributed by atoms with van der Waals surface area (Å²) >= 11 is 0. The summed E-state index contributed by atoms with van der Waals surface area (Å²) in [7, 11) is 1.68. The fraction of sp³-hybridized carbons (Fsp3) is 0.462. The van der Waals surface area contributed by atoms with Crippen molar-refractivity contribution in [3.63, 3.8) is 0 Å². The van der Waals surface area contributed by atoms with E-state index in [1.165, 1.54) is 10.5 Å². The highest BCUT2D eigenvalue weighted by Crippen LogP contribution is 2.28. The van der Waals surface area contributed by atoms with Crippen molar-refractivity contribution in [2.75, 3.05) is 26.8 Å². The molecule has 2 rings (SSSR count). The van der Waals surface area contributed by atoms with Gasteiger partial charge in [-0.15, -0.1) is 0 Å². The molecular formula is C13H17NO3. The number of carbonyl (C=O) groups excluding carboxylic acids is 1. The van der Waals surface area contributed by atoms with E-state index in [0.717, 1.165) is 12.0 Å². The monoisotopic (exact) mass is 235 g/mol. The summed E-state index contributed by atoms with van der Waals surface area (Å²) in [5.74, 6) is -0.0915. The van der Waals surface area contributed by atoms with Crippen molar-refractivity contribution < 1.29 is 14.6 Å². The maximum Gasteiger partial charge on any atom is 0.256 e. The molecule has 1 heterocycles. The molecule has 0 spiro atoms. The number of rotatable bonds is 3. The Morgan fingerprint density at radius 1 is 1.53 bits per heavy atom. The normalized spacial score (nSPS) is 18.6. The van der Waals surface area contributed by atoms with Gasteiger partial charge in [0.1, 0.15) is 0 Å². The van der Waals surface area contributed by atoms with Gasteiger partial charge in [0.25, 0.3) is 5.91 Å². The van der Waals surface area contributed by atoms with Crippen LogP contribution in [0.5, 0.6) is 0 Å². The first-order chi connectivity index (χ1) is 8.24. The predicted molar refractivity (Wildman–Crippen MR) is 63.6 cm³/mol. The fourth-order valence-electron chi connectivity index (χ4n) is 2.06. The summed E-state index contributed by atoms with van der Waals surface area (Å²) in [4.78, 5) is 13.6. The number of nitrogens with zero attached hydrogens (tertiary/aromatic N) is 1. The molecule has 0 aromatic heterocycles. The zero-order valence-electron chi connectivity index (χ0n) is 9.93. The van der Waals surface area contributed by atoms with Gasteiger partial charge in [-0.2, -0.15) is 0 Å². The van der Waals surface area contributed by atoms with Gasteiger partial charge in [-0.05, 0) is 17.5 Å². The predicted octanol–water partition coefficient (Wildman–Crippen LogP) is 0.751. The zero-order valence-corrected chi connectivity index (χ0v) is 9.93. The molecule has 0 aliphatic carbocycles. The fourth-order valence-corrected chi connectivity index (χ4v) is 2.06. The Morgan fingerprint density at radius 3 is 3.06 bits per heavy atom. The van der Waals surface area contributed by atoms with E-state index >= 15 is 0 Å². The van der Waals surface area contributed by atoms with Gasteiger partial charge in [0.15, 0.2) is 6.10 Å². The molecule has 4 nitrogen and oxygen atoms in total. The summed E-state index contributed by atoms with van der Waals surface area (Å²) in [5, 5.41) is 8.84. The maximum atomic E-state index is 12.1. The molecule has 1 N–H and O–H groups in total. The number of ether oxygens (including phenoxy) is 1. The van der Waals surface area contributed by atoms with E-state index in [-0.39, 0.29) is 12.5 Å². The largest absolute Gasteiger partial charge is 0.395 e. The van der Waals surface area contributed by atoms with Crippen LogP contribution < -0.4 is 0 Å². The molecule has 0 fully saturated rings. The first-order valence-electron chi connectivity index (χ1n) is 5.79. The third-order valence-electron chi connectivity index (χ3n) is 3.03. The molecule has 1 aromatic rings. The van der Waals surface area contributed by atoms with Gasteiger partial charge < -0.3 is 14.7 Å². The summed E-state index contributed by atoms with van der Waals surface area (Å²) in [6.07, 6.45) is 0.334. The zero-order chi connectivity index (χ0) is 12.3. The van der Waals surface area contributed by atoms with Crippen molar-refractivity contribution in [2.24, 2.45) is 0 Å². The Labute approximate surface area is 101 Å². The van der Waals surface area contributed by atoms with Crippen LogP contribution in [-0.2, 0) is 16.0 Å². The van der Waals surface area contributed by atoms with Crippen LogP contribution in [0.3, 0.4) is 0 Å². The third-order valence-corrected chi connectivity index (χ3v) is 3.03. The molecule has 0 bridgehead atoms. The van der Waals surface area contributed by atoms with E-state index < -0.39 is 6.10 Å². The molecule has 1 aromatic carbocycles. The number of aliphatic hydroxyl groups excluding tert-OH is 1. The van der Waals surface area contributed by atoms with Gasteiger partial charge in [-0.1, -0.05) is 24.3 Å². The summed E-state index contributed by atoms with van der Waals surface area (Å²) < 4.78 is 5.56. The lowest BCUT2D eigenvalue weighted by Crippen LogP contribution is -2.36. The first-order valence-corrected chi connectivity index (χ1v) is 5.79. The molecule has 1 aliphatic heterocycles. The van der Waals surface area contributed by atoms with Crippen molar-refractivity contribution in [2.45, 2.75) is 12.5 Å². The Morgan fingerprint density at radius 2 is 2.29 bits per heavy atom. The van der Waals surface area contributed by atoms with Crippen LogP contribution in [0.1, 0.15) is 17.2 Å². The second-order valence-corrected chi connectivity index (χ2v) is 4.18. The molecule has 0 saturated heterocycles. The van der Waals surface area contributed by atoms with E-state index in [1.54, 1.807) is 7.05 Å². The van der Waals surface area contributed by atoms with Gasteiger partial charge in [0.05, 0.1) is 13.2 Å². The smallest absolute Gasteiger partial charge is 0.256 e. The average molecular weight is 235 g/mol. The first kappa shape index (κ1) is 12.1. The van der Waals surface area contributed by atoms with E-state index in [9.17, 15) is 4.79 Å². The summed E-state index contributed by atoms with van der Waals surface area (Å²) in [6, 6.07) is 7.86. The van der Waals surface area contributed by atoms with Crippen LogP contribution in [0.4, 0.5) is 0 Å². The minimum Gasteiger partial charge on any atom is -0.395 e. The molecule has 17 heavy (non-hydrogen) atoms. The Hall–Kier alpha value is -1.39. The van der Waals surface area contributed by atoms with Crippen molar-refractivity contribution >= 4 is 5.91 Å². The molecule has 0 saturated carbocycles. The Balaban J connectivity index is 2.20. The molecule has 1 atom stereocenters. The third kappa shape index (κ3) is 2.48. The van der Waals surface area contributed by atoms with Gasteiger partial charge in [-0.3, -0.25) is 4.79 Å². The quantitative estimate of drug-likeness (QED) is 0.841. The van der Waals surface area contributed by atoms with Crippen LogP contribution in [0.25, 0.3) is 0 Å². The summed E-state index contributed by atoms with van der Waals surface area (Å²) in [6.45, 7) is 0.873. The van der Waals surface area contributed by atoms with Gasteiger partial charge in [0.2, 0.25) is 0 Å². The number of amides is 1. The highest BCUT2D eigenvalue weighted by atomic mass is 16.5. The van der Waals surface area contributed by atoms with E-state index in [2.05, 4.69) is 0 Å². The van der Waals surface area contributed by atoms with Crippen molar-refractivity contribution in [3.8, 4) is 0 Å². The Bertz CT molecular complexity index is 405. The van der Waals surface area contributed by atoms with Crippen LogP contribution in [0.15, 0.2) is 24.3 Å². The van der Waals surface area contributed by atoms with E-state index in [4.69, 9.17) is 9.84 Å². The molecule has 1 unspecified atom stereocenters. The summed E-state index contributed by atoms with van der Waals surface area (Å²) in [5.41, 5.74) is 2.13. The van der Waals surface area contributed by atoms with E-state index in [1.807, 2.05) is 24.3 Å². The van der Waals surface area contributed by atoms with E-state index in [0.29, 0.717) is 13.2 Å². The second-order valence-electron chi connectivity index (χ2n) is 4.18. The SMILES string of the molecule is CN(CCO)C(=O)C1OCCc2ccccc21. The Kier molecular flexibility index (Phi) is 3.76. The van der Waals surface area contributed by atoms with Crippen molar-refractivity contribution in [1.29, 1.82) is 0 Å². The number of fused-ring (bicyclic) bond motifs is 1. The second kappa shape index (κ2) is 5.29. The number of hydrogen-bond acceptors (Lipinski definition) is 3. The van der Waals surface area contributed by atoms with Crippen LogP contribution in [0.2, 0.25) is 0 Å². The number of likely N-dealkylation sites (N-methyl/N-ethyl adjacent to an activating group) is 1. The molecule has 4 heteroatoms. The standard InChI is InChI=1S/C13H17NO3/c1-14(7-8-15)13(16)12-11-5-3-2-4-10(11)6-9-17-12/h2-5,12,15H,6-9H2,1H3. The number of aliphatic hydroxyl groups is 1. The minimum absolute atomic E-state index is 0.0311. The number of hydrogen-bond donors (Lipinski definition) is 1. The highest BCUT2D eigenvalue weighted by Gasteiger charge is 2.29. The van der Waals surface area contributed by atoms with Crippen LogP contribution in [-0.4, -0.2) is 42.7 Å². The van der Waals surface area contributed by atoms with Crippen LogP contribution >= 0.6 is 0 Å². The topological polar surface area (TPSA) is 49.8 Å². The molecule has 1 amide bonds. The molecular weight excluding hydrogens is 218 g/mol. The molecule has 92 valence electrons. The average Bonchev–Trinajstić information content (AvgIpc) is 2.37. The minimum atomic E-state index is -0.517.